The zero-order chi connectivity index (χ0) is 16.9. The van der Waals surface area contributed by atoms with Gasteiger partial charge in [0.15, 0.2) is 6.61 Å². The molecule has 128 valence electrons. The molecule has 6 nitrogen and oxygen atoms in total. The number of fused-ring (bicyclic) bond motifs is 1. The number of hydrogen-bond acceptors (Lipinski definition) is 4. The third-order valence-corrected chi connectivity index (χ3v) is 4.60. The van der Waals surface area contributed by atoms with Crippen molar-refractivity contribution in [1.82, 2.24) is 14.5 Å². The van der Waals surface area contributed by atoms with Crippen molar-refractivity contribution in [2.45, 2.75) is 45.2 Å². The van der Waals surface area contributed by atoms with Crippen LogP contribution in [-0.4, -0.2) is 45.5 Å². The van der Waals surface area contributed by atoms with Gasteiger partial charge in [0.25, 0.3) is 5.91 Å². The molecule has 6 heteroatoms. The fourth-order valence-electron chi connectivity index (χ4n) is 3.30. The summed E-state index contributed by atoms with van der Waals surface area (Å²) in [5.41, 5.74) is 1.71. The van der Waals surface area contributed by atoms with Crippen LogP contribution in [0.25, 0.3) is 11.0 Å². The summed E-state index contributed by atoms with van der Waals surface area (Å²) in [5, 5.41) is 0. The minimum Gasteiger partial charge on any atom is -0.454 e. The first-order chi connectivity index (χ1) is 11.7. The van der Waals surface area contributed by atoms with Gasteiger partial charge in [0.2, 0.25) is 0 Å². The van der Waals surface area contributed by atoms with Crippen LogP contribution >= 0.6 is 0 Å². The smallest absolute Gasteiger partial charge is 0.326 e. The molecule has 1 fully saturated rings. The van der Waals surface area contributed by atoms with Crippen LogP contribution in [0.1, 0.15) is 32.6 Å². The Labute approximate surface area is 141 Å². The summed E-state index contributed by atoms with van der Waals surface area (Å²) in [6, 6.07) is 7.88. The number of carbonyl (C=O) groups is 2. The number of likely N-dealkylation sites (tertiary alicyclic amines) is 1. The molecule has 1 aliphatic heterocycles. The largest absolute Gasteiger partial charge is 0.454 e. The highest BCUT2D eigenvalue weighted by molar-refractivity contribution is 5.82. The van der Waals surface area contributed by atoms with Crippen LogP contribution in [0.2, 0.25) is 0 Å². The van der Waals surface area contributed by atoms with E-state index in [1.807, 2.05) is 29.2 Å². The van der Waals surface area contributed by atoms with Crippen molar-refractivity contribution in [2.75, 3.05) is 13.2 Å². The number of para-hydroxylation sites is 2. The van der Waals surface area contributed by atoms with E-state index in [2.05, 4.69) is 11.9 Å². The van der Waals surface area contributed by atoms with E-state index in [4.69, 9.17) is 4.74 Å². The van der Waals surface area contributed by atoms with Crippen LogP contribution < -0.4 is 0 Å². The quantitative estimate of drug-likeness (QED) is 0.790. The third kappa shape index (κ3) is 3.58. The standard InChI is InChI=1S/C18H23N3O3/c1-2-14-7-5-6-10-21(14)17(22)12-24-18(23)11-20-13-19-15-8-3-4-9-16(15)20/h3-4,8-9,13-14H,2,5-7,10-12H2,1H3. The van der Waals surface area contributed by atoms with Gasteiger partial charge >= 0.3 is 5.97 Å². The number of ether oxygens (including phenoxy) is 1. The van der Waals surface area contributed by atoms with E-state index < -0.39 is 5.97 Å². The van der Waals surface area contributed by atoms with E-state index >= 15 is 0 Å². The van der Waals surface area contributed by atoms with Crippen molar-refractivity contribution in [2.24, 2.45) is 0 Å². The topological polar surface area (TPSA) is 64.4 Å². The minimum atomic E-state index is -0.420. The Hall–Kier alpha value is -2.37. The number of benzene rings is 1. The second-order valence-electron chi connectivity index (χ2n) is 6.17. The monoisotopic (exact) mass is 329 g/mol. The highest BCUT2D eigenvalue weighted by Gasteiger charge is 2.25. The predicted molar refractivity (Wildman–Crippen MR) is 90.3 cm³/mol. The van der Waals surface area contributed by atoms with Crippen LogP contribution in [0.15, 0.2) is 30.6 Å². The van der Waals surface area contributed by atoms with Crippen molar-refractivity contribution >= 4 is 22.9 Å². The second kappa shape index (κ2) is 7.47. The van der Waals surface area contributed by atoms with Gasteiger partial charge < -0.3 is 14.2 Å². The summed E-state index contributed by atoms with van der Waals surface area (Å²) in [5.74, 6) is -0.512. The maximum atomic E-state index is 12.3. The molecule has 1 aromatic heterocycles. The van der Waals surface area contributed by atoms with Crippen LogP contribution in [0.3, 0.4) is 0 Å². The molecule has 24 heavy (non-hydrogen) atoms. The predicted octanol–water partition coefficient (Wildman–Crippen LogP) is 2.37. The zero-order valence-corrected chi connectivity index (χ0v) is 14.0. The van der Waals surface area contributed by atoms with Crippen molar-refractivity contribution in [1.29, 1.82) is 0 Å². The average Bonchev–Trinajstić information content (AvgIpc) is 3.02. The number of hydrogen-bond donors (Lipinski definition) is 0. The molecule has 0 spiro atoms. The molecule has 1 unspecified atom stereocenters. The Morgan fingerprint density at radius 3 is 2.96 bits per heavy atom. The summed E-state index contributed by atoms with van der Waals surface area (Å²) in [7, 11) is 0. The Kier molecular flexibility index (Phi) is 5.13. The number of nitrogens with zero attached hydrogens (tertiary/aromatic N) is 3. The summed E-state index contributed by atoms with van der Waals surface area (Å²) in [4.78, 5) is 30.5. The molecule has 1 atom stereocenters. The molecule has 1 saturated heterocycles. The summed E-state index contributed by atoms with van der Waals surface area (Å²) in [6.45, 7) is 2.74. The lowest BCUT2D eigenvalue weighted by atomic mass is 10.00. The Balaban J connectivity index is 1.54. The summed E-state index contributed by atoms with van der Waals surface area (Å²) < 4.78 is 6.93. The molecule has 1 amide bonds. The number of carbonyl (C=O) groups excluding carboxylic acids is 2. The first-order valence-corrected chi connectivity index (χ1v) is 8.54. The fourth-order valence-corrected chi connectivity index (χ4v) is 3.30. The molecule has 3 rings (SSSR count). The summed E-state index contributed by atoms with van der Waals surface area (Å²) >= 11 is 0. The SMILES string of the molecule is CCC1CCCCN1C(=O)COC(=O)Cn1cnc2ccccc21. The van der Waals surface area contributed by atoms with Crippen molar-refractivity contribution in [3.05, 3.63) is 30.6 Å². The Morgan fingerprint density at radius 2 is 2.12 bits per heavy atom. The van der Waals surface area contributed by atoms with Crippen molar-refractivity contribution < 1.29 is 14.3 Å². The van der Waals surface area contributed by atoms with E-state index in [0.717, 1.165) is 43.3 Å². The Morgan fingerprint density at radius 1 is 1.29 bits per heavy atom. The van der Waals surface area contributed by atoms with E-state index in [1.54, 1.807) is 10.9 Å². The molecule has 0 aliphatic carbocycles. The molecule has 0 bridgehead atoms. The van der Waals surface area contributed by atoms with E-state index in [1.165, 1.54) is 0 Å². The van der Waals surface area contributed by atoms with Crippen molar-refractivity contribution in [3.8, 4) is 0 Å². The number of aromatic nitrogens is 2. The van der Waals surface area contributed by atoms with Gasteiger partial charge in [-0.3, -0.25) is 9.59 Å². The summed E-state index contributed by atoms with van der Waals surface area (Å²) in [6.07, 6.45) is 5.79. The van der Waals surface area contributed by atoms with Gasteiger partial charge in [-0.05, 0) is 37.8 Å². The lowest BCUT2D eigenvalue weighted by Crippen LogP contribution is -2.45. The van der Waals surface area contributed by atoms with Crippen LogP contribution in [0.5, 0.6) is 0 Å². The maximum Gasteiger partial charge on any atom is 0.326 e. The lowest BCUT2D eigenvalue weighted by molar-refractivity contribution is -0.154. The molecule has 2 heterocycles. The number of piperidine rings is 1. The number of imidazole rings is 1. The van der Waals surface area contributed by atoms with E-state index in [9.17, 15) is 9.59 Å². The highest BCUT2D eigenvalue weighted by Crippen LogP contribution is 2.19. The molecular formula is C18H23N3O3. The maximum absolute atomic E-state index is 12.3. The fraction of sp³-hybridized carbons (Fsp3) is 0.500. The molecular weight excluding hydrogens is 306 g/mol. The van der Waals surface area contributed by atoms with Gasteiger partial charge in [-0.25, -0.2) is 4.98 Å². The third-order valence-electron chi connectivity index (χ3n) is 4.60. The first kappa shape index (κ1) is 16.5. The van der Waals surface area contributed by atoms with E-state index in [-0.39, 0.29) is 25.1 Å². The number of rotatable bonds is 5. The second-order valence-corrected chi connectivity index (χ2v) is 6.17. The molecule has 1 aromatic carbocycles. The van der Waals surface area contributed by atoms with Gasteiger partial charge in [-0.1, -0.05) is 19.1 Å². The van der Waals surface area contributed by atoms with Gasteiger partial charge in [0.1, 0.15) is 6.54 Å². The molecule has 0 radical (unpaired) electrons. The van der Waals surface area contributed by atoms with Gasteiger partial charge in [0, 0.05) is 12.6 Å². The molecule has 0 N–H and O–H groups in total. The zero-order valence-electron chi connectivity index (χ0n) is 14.0. The minimum absolute atomic E-state index is 0.0605. The highest BCUT2D eigenvalue weighted by atomic mass is 16.5. The number of esters is 1. The normalized spacial score (nSPS) is 17.9. The van der Waals surface area contributed by atoms with Crippen molar-refractivity contribution in [3.63, 3.8) is 0 Å². The lowest BCUT2D eigenvalue weighted by Gasteiger charge is -2.35. The van der Waals surface area contributed by atoms with Crippen LogP contribution in [-0.2, 0) is 20.9 Å². The average molecular weight is 329 g/mol. The molecule has 1 aliphatic rings. The molecule has 2 aromatic rings. The Bertz CT molecular complexity index is 725. The van der Waals surface area contributed by atoms with Crippen LogP contribution in [0, 0.1) is 0 Å². The number of amides is 1. The molecule has 0 saturated carbocycles. The van der Waals surface area contributed by atoms with Gasteiger partial charge in [-0.2, -0.15) is 0 Å². The van der Waals surface area contributed by atoms with Gasteiger partial charge in [0.05, 0.1) is 17.4 Å². The van der Waals surface area contributed by atoms with Crippen LogP contribution in [0.4, 0.5) is 0 Å². The van der Waals surface area contributed by atoms with Gasteiger partial charge in [-0.15, -0.1) is 0 Å². The first-order valence-electron chi connectivity index (χ1n) is 8.54. The van der Waals surface area contributed by atoms with E-state index in [0.29, 0.717) is 0 Å².